The van der Waals surface area contributed by atoms with Crippen molar-refractivity contribution in [2.24, 2.45) is 0 Å². The number of pyridine rings is 1. The van der Waals surface area contributed by atoms with Gasteiger partial charge in [0.15, 0.2) is 0 Å². The lowest BCUT2D eigenvalue weighted by Gasteiger charge is -2.14. The number of nitrogens with zero attached hydrogens (tertiary/aromatic N) is 1. The fraction of sp³-hybridized carbons (Fsp3) is 0.250. The lowest BCUT2D eigenvalue weighted by atomic mass is 10.2. The van der Waals surface area contributed by atoms with Crippen molar-refractivity contribution in [2.45, 2.75) is 13.8 Å². The average Bonchev–Trinajstić information content (AvgIpc) is 2.51. The standard InChI is InChI=1S/C16H18N2O4/c1-3-21-12-6-7-14(22-4-2)13(9-12)18-15-8-5-11(10-17-15)16(19)20/h5-10H,3-4H2,1-2H3,(H,17,18)(H,19,20)/p-1. The Balaban J connectivity index is 2.25. The van der Waals surface area contributed by atoms with Crippen LogP contribution in [0.25, 0.3) is 0 Å². The molecule has 0 amide bonds. The predicted octanol–water partition coefficient (Wildman–Crippen LogP) is 1.99. The molecule has 0 atom stereocenters. The third kappa shape index (κ3) is 3.88. The molecule has 0 bridgehead atoms. The van der Waals surface area contributed by atoms with Crippen molar-refractivity contribution in [3.05, 3.63) is 42.1 Å². The van der Waals surface area contributed by atoms with Gasteiger partial charge in [0.2, 0.25) is 0 Å². The maximum Gasteiger partial charge on any atom is 0.143 e. The minimum absolute atomic E-state index is 0.0265. The Morgan fingerprint density at radius 3 is 2.55 bits per heavy atom. The molecule has 1 aromatic heterocycles. The number of carboxylic acid groups (broad SMARTS) is 1. The summed E-state index contributed by atoms with van der Waals surface area (Å²) in [4.78, 5) is 14.8. The van der Waals surface area contributed by atoms with E-state index in [1.165, 1.54) is 12.3 Å². The summed E-state index contributed by atoms with van der Waals surface area (Å²) in [6.07, 6.45) is 1.24. The van der Waals surface area contributed by atoms with Gasteiger partial charge in [-0.1, -0.05) is 0 Å². The Morgan fingerprint density at radius 2 is 1.95 bits per heavy atom. The van der Waals surface area contributed by atoms with Gasteiger partial charge < -0.3 is 24.7 Å². The summed E-state index contributed by atoms with van der Waals surface area (Å²) < 4.78 is 11.0. The van der Waals surface area contributed by atoms with Crippen molar-refractivity contribution in [2.75, 3.05) is 18.5 Å². The summed E-state index contributed by atoms with van der Waals surface area (Å²) in [5, 5.41) is 13.8. The molecular formula is C16H17N2O4-. The number of aromatic nitrogens is 1. The number of rotatable bonds is 7. The van der Waals surface area contributed by atoms with Crippen LogP contribution in [0.1, 0.15) is 24.2 Å². The molecule has 22 heavy (non-hydrogen) atoms. The number of ether oxygens (including phenoxy) is 2. The molecule has 2 rings (SSSR count). The molecule has 0 aliphatic carbocycles. The van der Waals surface area contributed by atoms with Crippen LogP contribution in [-0.4, -0.2) is 24.2 Å². The normalized spacial score (nSPS) is 10.1. The maximum absolute atomic E-state index is 10.7. The predicted molar refractivity (Wildman–Crippen MR) is 80.6 cm³/mol. The lowest BCUT2D eigenvalue weighted by molar-refractivity contribution is -0.255. The molecule has 0 saturated carbocycles. The van der Waals surface area contributed by atoms with Crippen molar-refractivity contribution in [1.29, 1.82) is 0 Å². The van der Waals surface area contributed by atoms with E-state index >= 15 is 0 Å². The minimum atomic E-state index is -1.26. The number of benzene rings is 1. The second kappa shape index (κ2) is 7.31. The molecule has 0 unspecified atom stereocenters. The zero-order valence-electron chi connectivity index (χ0n) is 12.5. The molecule has 6 heteroatoms. The molecule has 0 fully saturated rings. The Kier molecular flexibility index (Phi) is 5.19. The fourth-order valence-corrected chi connectivity index (χ4v) is 1.87. The third-order valence-corrected chi connectivity index (χ3v) is 2.82. The summed E-state index contributed by atoms with van der Waals surface area (Å²) in [5.41, 5.74) is 0.722. The fourth-order valence-electron chi connectivity index (χ4n) is 1.87. The largest absolute Gasteiger partial charge is 0.545 e. The zero-order chi connectivity index (χ0) is 15.9. The van der Waals surface area contributed by atoms with Gasteiger partial charge in [-0.05, 0) is 38.1 Å². The Morgan fingerprint density at radius 1 is 1.18 bits per heavy atom. The molecule has 2 aromatic rings. The van der Waals surface area contributed by atoms with Crippen LogP contribution in [0.3, 0.4) is 0 Å². The van der Waals surface area contributed by atoms with Crippen LogP contribution in [0, 0.1) is 0 Å². The highest BCUT2D eigenvalue weighted by molar-refractivity contribution is 5.85. The number of carbonyl (C=O) groups is 1. The second-order valence-electron chi connectivity index (χ2n) is 4.37. The van der Waals surface area contributed by atoms with Crippen molar-refractivity contribution >= 4 is 17.5 Å². The zero-order valence-corrected chi connectivity index (χ0v) is 12.5. The van der Waals surface area contributed by atoms with Crippen molar-refractivity contribution in [3.8, 4) is 11.5 Å². The maximum atomic E-state index is 10.7. The third-order valence-electron chi connectivity index (χ3n) is 2.82. The van der Waals surface area contributed by atoms with Crippen LogP contribution in [0.2, 0.25) is 0 Å². The van der Waals surface area contributed by atoms with Crippen molar-refractivity contribution < 1.29 is 19.4 Å². The first-order chi connectivity index (χ1) is 10.6. The highest BCUT2D eigenvalue weighted by Gasteiger charge is 2.07. The average molecular weight is 301 g/mol. The number of anilines is 2. The molecule has 0 saturated heterocycles. The molecule has 0 spiro atoms. The second-order valence-corrected chi connectivity index (χ2v) is 4.37. The van der Waals surface area contributed by atoms with E-state index in [4.69, 9.17) is 9.47 Å². The monoisotopic (exact) mass is 301 g/mol. The molecule has 116 valence electrons. The summed E-state index contributed by atoms with van der Waals surface area (Å²) in [6.45, 7) is 4.89. The quantitative estimate of drug-likeness (QED) is 0.842. The molecule has 0 aliphatic rings. The van der Waals surface area contributed by atoms with E-state index in [0.717, 1.165) is 0 Å². The number of hydrogen-bond donors (Lipinski definition) is 1. The van der Waals surface area contributed by atoms with Crippen molar-refractivity contribution in [3.63, 3.8) is 0 Å². The van der Waals surface area contributed by atoms with Crippen LogP contribution in [0.5, 0.6) is 11.5 Å². The van der Waals surface area contributed by atoms with Gasteiger partial charge in [-0.15, -0.1) is 0 Å². The van der Waals surface area contributed by atoms with E-state index in [1.54, 1.807) is 6.07 Å². The first-order valence-electron chi connectivity index (χ1n) is 6.98. The summed E-state index contributed by atoms with van der Waals surface area (Å²) in [6, 6.07) is 8.44. The molecule has 1 aromatic carbocycles. The van der Waals surface area contributed by atoms with Crippen LogP contribution in [-0.2, 0) is 0 Å². The van der Waals surface area contributed by atoms with Gasteiger partial charge in [0.05, 0.1) is 24.9 Å². The molecule has 1 heterocycles. The number of hydrogen-bond acceptors (Lipinski definition) is 6. The molecule has 0 radical (unpaired) electrons. The number of nitrogens with one attached hydrogen (secondary N) is 1. The Bertz CT molecular complexity index is 641. The van der Waals surface area contributed by atoms with Gasteiger partial charge in [-0.2, -0.15) is 0 Å². The summed E-state index contributed by atoms with van der Waals surface area (Å²) in [5.74, 6) is 0.614. The molecule has 0 aliphatic heterocycles. The highest BCUT2D eigenvalue weighted by Crippen LogP contribution is 2.31. The first-order valence-corrected chi connectivity index (χ1v) is 6.98. The topological polar surface area (TPSA) is 83.5 Å². The SMILES string of the molecule is CCOc1ccc(OCC)c(Nc2ccc(C(=O)[O-])cn2)c1. The van der Waals surface area contributed by atoms with E-state index < -0.39 is 5.97 Å². The molecule has 1 N–H and O–H groups in total. The summed E-state index contributed by atoms with van der Waals surface area (Å²) >= 11 is 0. The van der Waals surface area contributed by atoms with E-state index in [0.29, 0.717) is 36.2 Å². The van der Waals surface area contributed by atoms with Gasteiger partial charge >= 0.3 is 0 Å². The van der Waals surface area contributed by atoms with E-state index in [1.807, 2.05) is 32.0 Å². The highest BCUT2D eigenvalue weighted by atomic mass is 16.5. The smallest absolute Gasteiger partial charge is 0.143 e. The van der Waals surface area contributed by atoms with Crippen LogP contribution >= 0.6 is 0 Å². The van der Waals surface area contributed by atoms with Gasteiger partial charge in [-0.25, -0.2) is 4.98 Å². The van der Waals surface area contributed by atoms with Crippen LogP contribution in [0.15, 0.2) is 36.5 Å². The van der Waals surface area contributed by atoms with Gasteiger partial charge in [0, 0.05) is 17.8 Å². The van der Waals surface area contributed by atoms with Gasteiger partial charge in [0.25, 0.3) is 0 Å². The number of carboxylic acids is 1. The Hall–Kier alpha value is -2.76. The minimum Gasteiger partial charge on any atom is -0.545 e. The lowest BCUT2D eigenvalue weighted by Crippen LogP contribution is -2.22. The summed E-state index contributed by atoms with van der Waals surface area (Å²) in [7, 11) is 0. The first kappa shape index (κ1) is 15.6. The van der Waals surface area contributed by atoms with Gasteiger partial charge in [-0.3, -0.25) is 0 Å². The van der Waals surface area contributed by atoms with E-state index in [2.05, 4.69) is 10.3 Å². The van der Waals surface area contributed by atoms with Crippen molar-refractivity contribution in [1.82, 2.24) is 4.98 Å². The van der Waals surface area contributed by atoms with E-state index in [-0.39, 0.29) is 5.56 Å². The number of aromatic carboxylic acids is 1. The van der Waals surface area contributed by atoms with Crippen LogP contribution < -0.4 is 19.9 Å². The van der Waals surface area contributed by atoms with Gasteiger partial charge in [0.1, 0.15) is 17.3 Å². The Labute approximate surface area is 128 Å². The number of carbonyl (C=O) groups excluding carboxylic acids is 1. The molecule has 6 nitrogen and oxygen atoms in total. The van der Waals surface area contributed by atoms with E-state index in [9.17, 15) is 9.90 Å². The van der Waals surface area contributed by atoms with Crippen LogP contribution in [0.4, 0.5) is 11.5 Å². The molecular weight excluding hydrogens is 284 g/mol.